The first-order valence-corrected chi connectivity index (χ1v) is 12.5. The van der Waals surface area contributed by atoms with E-state index in [4.69, 9.17) is 4.98 Å². The number of aromatic nitrogens is 5. The highest BCUT2D eigenvalue weighted by Crippen LogP contribution is 2.31. The average molecular weight is 503 g/mol. The van der Waals surface area contributed by atoms with Gasteiger partial charge in [0.25, 0.3) is 0 Å². The zero-order valence-electron chi connectivity index (χ0n) is 21.0. The van der Waals surface area contributed by atoms with Crippen molar-refractivity contribution in [2.24, 2.45) is 7.05 Å². The maximum atomic E-state index is 12.7. The van der Waals surface area contributed by atoms with Crippen LogP contribution in [0.25, 0.3) is 27.9 Å². The quantitative estimate of drug-likeness (QED) is 0.365. The van der Waals surface area contributed by atoms with Crippen molar-refractivity contribution in [3.63, 3.8) is 0 Å². The van der Waals surface area contributed by atoms with E-state index in [0.717, 1.165) is 52.2 Å². The monoisotopic (exact) mass is 502 g/mol. The molecule has 1 aliphatic heterocycles. The lowest BCUT2D eigenvalue weighted by atomic mass is 10.0. The van der Waals surface area contributed by atoms with Gasteiger partial charge in [0.2, 0.25) is 5.91 Å². The molecule has 5 aromatic rings. The van der Waals surface area contributed by atoms with Gasteiger partial charge in [-0.15, -0.1) is 0 Å². The molecule has 1 saturated heterocycles. The number of nitriles is 1. The Morgan fingerprint density at radius 2 is 1.76 bits per heavy atom. The Labute approximate surface area is 220 Å². The molecule has 6 rings (SSSR count). The van der Waals surface area contributed by atoms with Gasteiger partial charge in [0.1, 0.15) is 6.07 Å². The minimum Gasteiger partial charge on any atom is -0.367 e. The van der Waals surface area contributed by atoms with Crippen molar-refractivity contribution >= 4 is 17.1 Å². The Bertz CT molecular complexity index is 1640. The first-order valence-electron chi connectivity index (χ1n) is 12.5. The normalized spacial score (nSPS) is 13.6. The van der Waals surface area contributed by atoms with Crippen LogP contribution in [-0.2, 0) is 18.3 Å². The maximum Gasteiger partial charge on any atom is 0.227 e. The molecule has 1 aromatic carbocycles. The number of piperazine rings is 1. The third-order valence-corrected chi connectivity index (χ3v) is 6.99. The van der Waals surface area contributed by atoms with E-state index < -0.39 is 0 Å². The lowest BCUT2D eigenvalue weighted by Gasteiger charge is -2.36. The summed E-state index contributed by atoms with van der Waals surface area (Å²) in [4.78, 5) is 21.7. The summed E-state index contributed by atoms with van der Waals surface area (Å²) in [5, 5.41) is 18.4. The predicted molar refractivity (Wildman–Crippen MR) is 144 cm³/mol. The van der Waals surface area contributed by atoms with E-state index in [1.807, 2.05) is 73.0 Å². The van der Waals surface area contributed by atoms with Crippen molar-refractivity contribution in [3.05, 3.63) is 90.6 Å². The second-order valence-corrected chi connectivity index (χ2v) is 9.44. The van der Waals surface area contributed by atoms with Crippen LogP contribution < -0.4 is 4.90 Å². The van der Waals surface area contributed by atoms with Crippen LogP contribution in [0.15, 0.2) is 79.5 Å². The summed E-state index contributed by atoms with van der Waals surface area (Å²) in [5.74, 6) is 0.163. The predicted octanol–water partition coefficient (Wildman–Crippen LogP) is 3.56. The van der Waals surface area contributed by atoms with E-state index in [0.29, 0.717) is 25.1 Å². The minimum absolute atomic E-state index is 0.163. The Balaban J connectivity index is 1.22. The zero-order valence-corrected chi connectivity index (χ0v) is 21.0. The van der Waals surface area contributed by atoms with Crippen molar-refractivity contribution in [2.45, 2.75) is 6.42 Å². The number of benzene rings is 1. The molecule has 0 saturated carbocycles. The molecular weight excluding hydrogens is 476 g/mol. The molecule has 0 unspecified atom stereocenters. The number of carbonyl (C=O) groups is 1. The van der Waals surface area contributed by atoms with Crippen molar-refractivity contribution in [1.29, 1.82) is 5.26 Å². The second-order valence-electron chi connectivity index (χ2n) is 9.44. The summed E-state index contributed by atoms with van der Waals surface area (Å²) in [6, 6.07) is 18.2. The van der Waals surface area contributed by atoms with E-state index in [2.05, 4.69) is 27.2 Å². The van der Waals surface area contributed by atoms with E-state index in [-0.39, 0.29) is 5.91 Å². The Morgan fingerprint density at radius 3 is 2.45 bits per heavy atom. The third-order valence-electron chi connectivity index (χ3n) is 6.99. The first-order chi connectivity index (χ1) is 18.6. The Kier molecular flexibility index (Phi) is 6.06. The van der Waals surface area contributed by atoms with E-state index in [1.54, 1.807) is 21.6 Å². The Hall–Kier alpha value is -4.97. The molecule has 1 fully saturated rings. The number of hydrogen-bond acceptors (Lipinski definition) is 6. The van der Waals surface area contributed by atoms with Gasteiger partial charge in [0, 0.05) is 62.3 Å². The molecule has 0 spiro atoms. The number of rotatable bonds is 5. The summed E-state index contributed by atoms with van der Waals surface area (Å²) < 4.78 is 3.49. The number of pyridine rings is 2. The largest absolute Gasteiger partial charge is 0.367 e. The number of fused-ring (bicyclic) bond motifs is 1. The van der Waals surface area contributed by atoms with Gasteiger partial charge in [-0.25, -0.2) is 4.52 Å². The molecule has 5 heterocycles. The van der Waals surface area contributed by atoms with Gasteiger partial charge in [-0.3, -0.25) is 14.5 Å². The molecule has 1 aliphatic rings. The highest BCUT2D eigenvalue weighted by molar-refractivity contribution is 5.86. The zero-order chi connectivity index (χ0) is 26.1. The second kappa shape index (κ2) is 9.82. The van der Waals surface area contributed by atoms with Crippen LogP contribution in [0.4, 0.5) is 5.69 Å². The van der Waals surface area contributed by atoms with Crippen molar-refractivity contribution in [2.75, 3.05) is 31.1 Å². The standard InChI is InChI=1S/C29H26N8O/c1-34-19-24(17-32-34)22-14-26(29-23(15-30)16-33-37(29)20-22)27-8-7-25(18-31-27)35-9-11-36(12-10-35)28(38)13-21-5-3-2-4-6-21/h2-8,14,16-20H,9-13H2,1H3. The molecule has 9 heteroatoms. The van der Waals surface area contributed by atoms with Gasteiger partial charge in [0.05, 0.1) is 47.5 Å². The number of hydrogen-bond donors (Lipinski definition) is 0. The van der Waals surface area contributed by atoms with E-state index >= 15 is 0 Å². The van der Waals surface area contributed by atoms with Crippen LogP contribution in [0.2, 0.25) is 0 Å². The molecule has 38 heavy (non-hydrogen) atoms. The van der Waals surface area contributed by atoms with Crippen LogP contribution in [0.1, 0.15) is 11.1 Å². The fourth-order valence-corrected chi connectivity index (χ4v) is 4.96. The molecule has 0 bridgehead atoms. The van der Waals surface area contributed by atoms with E-state index in [1.165, 1.54) is 0 Å². The van der Waals surface area contributed by atoms with Gasteiger partial charge in [-0.05, 0) is 23.8 Å². The van der Waals surface area contributed by atoms with Gasteiger partial charge >= 0.3 is 0 Å². The summed E-state index contributed by atoms with van der Waals surface area (Å²) >= 11 is 0. The highest BCUT2D eigenvalue weighted by atomic mass is 16.2. The van der Waals surface area contributed by atoms with Crippen LogP contribution in [-0.4, -0.2) is 61.4 Å². The molecule has 188 valence electrons. The number of carbonyl (C=O) groups excluding carboxylic acids is 1. The SMILES string of the molecule is Cn1cc(-c2cc(-c3ccc(N4CCN(C(=O)Cc5ccccc5)CC4)cn3)c3c(C#N)cnn3c2)cn1. The highest BCUT2D eigenvalue weighted by Gasteiger charge is 2.22. The van der Waals surface area contributed by atoms with Crippen molar-refractivity contribution in [1.82, 2.24) is 29.3 Å². The number of amides is 1. The van der Waals surface area contributed by atoms with Crippen LogP contribution in [0, 0.1) is 11.3 Å². The summed E-state index contributed by atoms with van der Waals surface area (Å²) in [5.41, 5.74) is 6.78. The fourth-order valence-electron chi connectivity index (χ4n) is 4.96. The molecule has 0 N–H and O–H groups in total. The van der Waals surface area contributed by atoms with E-state index in [9.17, 15) is 10.1 Å². The third kappa shape index (κ3) is 4.48. The molecular formula is C29H26N8O. The minimum atomic E-state index is 0.163. The first kappa shape index (κ1) is 23.4. The lowest BCUT2D eigenvalue weighted by molar-refractivity contribution is -0.130. The molecule has 0 atom stereocenters. The van der Waals surface area contributed by atoms with Crippen molar-refractivity contribution < 1.29 is 4.79 Å². The number of nitrogens with zero attached hydrogens (tertiary/aromatic N) is 8. The summed E-state index contributed by atoms with van der Waals surface area (Å²) in [7, 11) is 1.88. The van der Waals surface area contributed by atoms with Gasteiger partial charge < -0.3 is 9.80 Å². The summed E-state index contributed by atoms with van der Waals surface area (Å²) in [6.45, 7) is 2.87. The van der Waals surface area contributed by atoms with Gasteiger partial charge in [0.15, 0.2) is 0 Å². The maximum absolute atomic E-state index is 12.7. The molecule has 0 aliphatic carbocycles. The topological polar surface area (TPSA) is 95.3 Å². The molecule has 9 nitrogen and oxygen atoms in total. The molecule has 0 radical (unpaired) electrons. The van der Waals surface area contributed by atoms with Crippen LogP contribution in [0.3, 0.4) is 0 Å². The van der Waals surface area contributed by atoms with Crippen LogP contribution >= 0.6 is 0 Å². The Morgan fingerprint density at radius 1 is 0.947 bits per heavy atom. The van der Waals surface area contributed by atoms with Crippen LogP contribution in [0.5, 0.6) is 0 Å². The fraction of sp³-hybridized carbons (Fsp3) is 0.207. The summed E-state index contributed by atoms with van der Waals surface area (Å²) in [6.07, 6.45) is 9.54. The smallest absolute Gasteiger partial charge is 0.227 e. The lowest BCUT2D eigenvalue weighted by Crippen LogP contribution is -2.49. The van der Waals surface area contributed by atoms with Crippen molar-refractivity contribution in [3.8, 4) is 28.5 Å². The number of anilines is 1. The average Bonchev–Trinajstić information content (AvgIpc) is 3.59. The number of aryl methyl sites for hydroxylation is 1. The van der Waals surface area contributed by atoms with Gasteiger partial charge in [-0.2, -0.15) is 15.5 Å². The molecule has 1 amide bonds. The molecule has 4 aromatic heterocycles. The van der Waals surface area contributed by atoms with Gasteiger partial charge in [-0.1, -0.05) is 30.3 Å².